The van der Waals surface area contributed by atoms with Gasteiger partial charge in [0, 0.05) is 11.4 Å². The van der Waals surface area contributed by atoms with Gasteiger partial charge in [-0.1, -0.05) is 12.1 Å². The molecule has 1 amide bonds. The summed E-state index contributed by atoms with van der Waals surface area (Å²) in [6.07, 6.45) is 0. The van der Waals surface area contributed by atoms with E-state index in [2.05, 4.69) is 17.9 Å². The summed E-state index contributed by atoms with van der Waals surface area (Å²) in [7, 11) is 0. The number of amides is 1. The number of benzene rings is 1. The Morgan fingerprint density at radius 1 is 1.54 bits per heavy atom. The van der Waals surface area contributed by atoms with Crippen molar-refractivity contribution >= 4 is 18.5 Å². The Bertz CT molecular complexity index is 323. The Labute approximate surface area is 83.8 Å². The van der Waals surface area contributed by atoms with Crippen LogP contribution in [0.1, 0.15) is 22.8 Å². The quantitative estimate of drug-likeness (QED) is 0.695. The highest BCUT2D eigenvalue weighted by Gasteiger charge is 2.08. The zero-order valence-electron chi connectivity index (χ0n) is 7.79. The lowest BCUT2D eigenvalue weighted by molar-refractivity contribution is 0.0953. The first-order valence-corrected chi connectivity index (χ1v) is 4.68. The average Bonchev–Trinajstić information content (AvgIpc) is 2.10. The Morgan fingerprint density at radius 2 is 2.23 bits per heavy atom. The molecule has 0 fully saturated rings. The van der Waals surface area contributed by atoms with Crippen LogP contribution in [-0.4, -0.2) is 12.5 Å². The predicted octanol–water partition coefficient (Wildman–Crippen LogP) is 2.03. The molecule has 0 atom stereocenters. The highest BCUT2D eigenvalue weighted by molar-refractivity contribution is 7.80. The minimum Gasteiger partial charge on any atom is -0.352 e. The fraction of sp³-hybridized carbons (Fsp3) is 0.300. The van der Waals surface area contributed by atoms with Crippen molar-refractivity contribution in [3.8, 4) is 0 Å². The number of aryl methyl sites for hydroxylation is 1. The lowest BCUT2D eigenvalue weighted by Gasteiger charge is -2.06. The molecule has 0 saturated heterocycles. The summed E-state index contributed by atoms with van der Waals surface area (Å²) < 4.78 is 0. The lowest BCUT2D eigenvalue weighted by atomic mass is 10.1. The van der Waals surface area contributed by atoms with Crippen LogP contribution in [0.25, 0.3) is 0 Å². The molecule has 70 valence electrons. The third-order valence-corrected chi connectivity index (χ3v) is 2.41. The van der Waals surface area contributed by atoms with Crippen LogP contribution in [0.15, 0.2) is 23.1 Å². The van der Waals surface area contributed by atoms with Crippen LogP contribution in [0.3, 0.4) is 0 Å². The zero-order chi connectivity index (χ0) is 9.84. The Balaban J connectivity index is 3.01. The summed E-state index contributed by atoms with van der Waals surface area (Å²) in [6.45, 7) is 4.47. The fourth-order valence-corrected chi connectivity index (χ4v) is 1.35. The van der Waals surface area contributed by atoms with Crippen molar-refractivity contribution in [3.05, 3.63) is 29.3 Å². The summed E-state index contributed by atoms with van der Waals surface area (Å²) in [5.41, 5.74) is 1.66. The molecule has 0 aliphatic heterocycles. The van der Waals surface area contributed by atoms with Gasteiger partial charge < -0.3 is 5.32 Å². The molecule has 0 saturated carbocycles. The first-order chi connectivity index (χ1) is 6.16. The maximum Gasteiger partial charge on any atom is 0.252 e. The number of rotatable bonds is 2. The Kier molecular flexibility index (Phi) is 3.37. The van der Waals surface area contributed by atoms with Crippen LogP contribution in [-0.2, 0) is 0 Å². The standard InChI is InChI=1S/C10H13NOS/c1-3-11-10(12)8-6-4-5-7(2)9(8)13/h4-6,13H,3H2,1-2H3,(H,11,12). The average molecular weight is 195 g/mol. The molecule has 1 aromatic rings. The molecule has 1 aromatic carbocycles. The van der Waals surface area contributed by atoms with Gasteiger partial charge in [0.15, 0.2) is 0 Å². The lowest BCUT2D eigenvalue weighted by Crippen LogP contribution is -2.23. The van der Waals surface area contributed by atoms with Gasteiger partial charge in [0.2, 0.25) is 0 Å². The molecule has 0 bridgehead atoms. The molecule has 2 nitrogen and oxygen atoms in total. The normalized spacial score (nSPS) is 9.77. The molecule has 0 aliphatic rings. The van der Waals surface area contributed by atoms with Gasteiger partial charge in [-0.3, -0.25) is 4.79 Å². The van der Waals surface area contributed by atoms with Gasteiger partial charge in [-0.15, -0.1) is 12.6 Å². The van der Waals surface area contributed by atoms with Crippen LogP contribution >= 0.6 is 12.6 Å². The third kappa shape index (κ3) is 2.25. The van der Waals surface area contributed by atoms with E-state index in [1.807, 2.05) is 26.0 Å². The highest BCUT2D eigenvalue weighted by atomic mass is 32.1. The van der Waals surface area contributed by atoms with Crippen LogP contribution in [0, 0.1) is 6.92 Å². The number of hydrogen-bond acceptors (Lipinski definition) is 2. The molecule has 1 N–H and O–H groups in total. The van der Waals surface area contributed by atoms with Crippen molar-refractivity contribution < 1.29 is 4.79 Å². The second kappa shape index (κ2) is 4.33. The number of carbonyl (C=O) groups excluding carboxylic acids is 1. The SMILES string of the molecule is CCNC(=O)c1cccc(C)c1S. The van der Waals surface area contributed by atoms with E-state index in [4.69, 9.17) is 0 Å². The Morgan fingerprint density at radius 3 is 2.85 bits per heavy atom. The minimum absolute atomic E-state index is 0.0591. The van der Waals surface area contributed by atoms with E-state index in [0.29, 0.717) is 12.1 Å². The molecule has 0 heterocycles. The van der Waals surface area contributed by atoms with Crippen molar-refractivity contribution in [2.45, 2.75) is 18.7 Å². The highest BCUT2D eigenvalue weighted by Crippen LogP contribution is 2.17. The summed E-state index contributed by atoms with van der Waals surface area (Å²) in [4.78, 5) is 12.2. The number of hydrogen-bond donors (Lipinski definition) is 2. The van der Waals surface area contributed by atoms with E-state index in [0.717, 1.165) is 10.5 Å². The molecule has 0 spiro atoms. The minimum atomic E-state index is -0.0591. The molecule has 0 unspecified atom stereocenters. The van der Waals surface area contributed by atoms with E-state index >= 15 is 0 Å². The maximum atomic E-state index is 11.5. The van der Waals surface area contributed by atoms with Crippen molar-refractivity contribution in [1.29, 1.82) is 0 Å². The van der Waals surface area contributed by atoms with E-state index in [1.54, 1.807) is 6.07 Å². The largest absolute Gasteiger partial charge is 0.352 e. The summed E-state index contributed by atoms with van der Waals surface area (Å²) >= 11 is 4.28. The van der Waals surface area contributed by atoms with Crippen LogP contribution in [0.4, 0.5) is 0 Å². The van der Waals surface area contributed by atoms with Gasteiger partial charge in [0.05, 0.1) is 5.56 Å². The second-order valence-electron chi connectivity index (χ2n) is 2.83. The number of carbonyl (C=O) groups is 1. The maximum absolute atomic E-state index is 11.5. The molecule has 0 aliphatic carbocycles. The van der Waals surface area contributed by atoms with Crippen LogP contribution in [0.5, 0.6) is 0 Å². The molecule has 3 heteroatoms. The van der Waals surface area contributed by atoms with Gasteiger partial charge in [0.25, 0.3) is 5.91 Å². The van der Waals surface area contributed by atoms with Crippen molar-refractivity contribution in [2.75, 3.05) is 6.54 Å². The van der Waals surface area contributed by atoms with Gasteiger partial charge in [-0.25, -0.2) is 0 Å². The molecule has 0 radical (unpaired) electrons. The second-order valence-corrected chi connectivity index (χ2v) is 3.28. The van der Waals surface area contributed by atoms with Gasteiger partial charge in [0.1, 0.15) is 0 Å². The van der Waals surface area contributed by atoms with Crippen LogP contribution < -0.4 is 5.32 Å². The first-order valence-electron chi connectivity index (χ1n) is 4.23. The van der Waals surface area contributed by atoms with E-state index in [-0.39, 0.29) is 5.91 Å². The van der Waals surface area contributed by atoms with Crippen molar-refractivity contribution in [3.63, 3.8) is 0 Å². The monoisotopic (exact) mass is 195 g/mol. The summed E-state index contributed by atoms with van der Waals surface area (Å²) in [5, 5.41) is 2.74. The summed E-state index contributed by atoms with van der Waals surface area (Å²) in [5.74, 6) is -0.0591. The van der Waals surface area contributed by atoms with Crippen molar-refractivity contribution in [2.24, 2.45) is 0 Å². The first kappa shape index (κ1) is 10.1. The smallest absolute Gasteiger partial charge is 0.252 e. The third-order valence-electron chi connectivity index (χ3n) is 1.82. The van der Waals surface area contributed by atoms with Gasteiger partial charge in [-0.05, 0) is 25.5 Å². The van der Waals surface area contributed by atoms with E-state index < -0.39 is 0 Å². The molecule has 1 rings (SSSR count). The number of thiol groups is 1. The molecular weight excluding hydrogens is 182 g/mol. The Hall–Kier alpha value is -0.960. The molecule has 0 aromatic heterocycles. The van der Waals surface area contributed by atoms with Crippen molar-refractivity contribution in [1.82, 2.24) is 5.32 Å². The molecule has 13 heavy (non-hydrogen) atoms. The van der Waals surface area contributed by atoms with Crippen LogP contribution in [0.2, 0.25) is 0 Å². The van der Waals surface area contributed by atoms with E-state index in [1.165, 1.54) is 0 Å². The van der Waals surface area contributed by atoms with E-state index in [9.17, 15) is 4.79 Å². The topological polar surface area (TPSA) is 29.1 Å². The van der Waals surface area contributed by atoms with Gasteiger partial charge in [-0.2, -0.15) is 0 Å². The molecular formula is C10H13NOS. The number of nitrogens with one attached hydrogen (secondary N) is 1. The predicted molar refractivity (Wildman–Crippen MR) is 56.4 cm³/mol. The zero-order valence-corrected chi connectivity index (χ0v) is 8.69. The van der Waals surface area contributed by atoms with Gasteiger partial charge >= 0.3 is 0 Å². The summed E-state index contributed by atoms with van der Waals surface area (Å²) in [6, 6.07) is 5.57. The fourth-order valence-electron chi connectivity index (χ4n) is 1.10.